The smallest absolute Gasteiger partial charge is 0.479 e. The number of anilines is 2. The summed E-state index contributed by atoms with van der Waals surface area (Å²) in [4.78, 5) is 12.4. The summed E-state index contributed by atoms with van der Waals surface area (Å²) in [6, 6.07) is 7.15. The van der Waals surface area contributed by atoms with E-state index in [1.807, 2.05) is 0 Å². The van der Waals surface area contributed by atoms with Crippen molar-refractivity contribution in [3.63, 3.8) is 0 Å². The summed E-state index contributed by atoms with van der Waals surface area (Å²) in [6.07, 6.45) is -4.74. The third-order valence-electron chi connectivity index (χ3n) is 2.95. The summed E-state index contributed by atoms with van der Waals surface area (Å²) >= 11 is 0. The zero-order valence-electron chi connectivity index (χ0n) is 11.9. The first-order chi connectivity index (χ1) is 10.9. The molecule has 0 fully saturated rings. The number of pyridine rings is 1. The molecule has 0 spiro atoms. The van der Waals surface area contributed by atoms with Crippen molar-refractivity contribution >= 4 is 11.4 Å². The molecule has 1 aliphatic rings. The number of alkyl halides is 3. The van der Waals surface area contributed by atoms with Gasteiger partial charge in [-0.15, -0.1) is 13.2 Å². The van der Waals surface area contributed by atoms with E-state index in [0.29, 0.717) is 28.9 Å². The van der Waals surface area contributed by atoms with E-state index in [0.717, 1.165) is 0 Å². The molecule has 0 saturated carbocycles. The summed E-state index contributed by atoms with van der Waals surface area (Å²) in [7, 11) is 1.44. The van der Waals surface area contributed by atoms with Gasteiger partial charge in [-0.05, 0) is 18.2 Å². The molecule has 1 aliphatic heterocycles. The highest BCUT2D eigenvalue weighted by Crippen LogP contribution is 2.28. The molecule has 9 heteroatoms. The first-order valence-electron chi connectivity index (χ1n) is 6.51. The van der Waals surface area contributed by atoms with E-state index in [-0.39, 0.29) is 11.6 Å². The molecule has 3 rings (SSSR count). The van der Waals surface area contributed by atoms with E-state index in [9.17, 15) is 13.2 Å². The van der Waals surface area contributed by atoms with Crippen LogP contribution >= 0.6 is 0 Å². The molecule has 1 aromatic heterocycles. The van der Waals surface area contributed by atoms with E-state index in [2.05, 4.69) is 25.0 Å². The molecule has 0 unspecified atom stereocenters. The topological polar surface area (TPSA) is 68.1 Å². The van der Waals surface area contributed by atoms with Gasteiger partial charge in [-0.1, -0.05) is 6.07 Å². The Morgan fingerprint density at radius 2 is 2.00 bits per heavy atom. The number of fused-ring (bicyclic) bond motifs is 1. The molecule has 0 radical (unpaired) electrons. The molecule has 23 heavy (non-hydrogen) atoms. The molecule has 0 atom stereocenters. The Bertz CT molecular complexity index is 852. The van der Waals surface area contributed by atoms with E-state index in [1.165, 1.54) is 25.3 Å². The maximum absolute atomic E-state index is 12.3. The van der Waals surface area contributed by atoms with Gasteiger partial charge in [-0.2, -0.15) is 4.98 Å². The van der Waals surface area contributed by atoms with Gasteiger partial charge in [-0.3, -0.25) is 4.99 Å². The van der Waals surface area contributed by atoms with Crippen LogP contribution in [-0.2, 0) is 0 Å². The fourth-order valence-electron chi connectivity index (χ4n) is 2.06. The summed E-state index contributed by atoms with van der Waals surface area (Å²) in [6.45, 7) is 0.295. The van der Waals surface area contributed by atoms with Gasteiger partial charge in [0.1, 0.15) is 23.5 Å². The minimum atomic E-state index is -4.74. The summed E-state index contributed by atoms with van der Waals surface area (Å²) in [5.74, 6) is -0.0537. The molecule has 0 amide bonds. The van der Waals surface area contributed by atoms with Gasteiger partial charge in [0.25, 0.3) is 0 Å². The van der Waals surface area contributed by atoms with Crippen molar-refractivity contribution in [2.45, 2.75) is 6.36 Å². The highest BCUT2D eigenvalue weighted by Gasteiger charge is 2.31. The van der Waals surface area contributed by atoms with Crippen LogP contribution in [0.1, 0.15) is 0 Å². The molecule has 6 nitrogen and oxygen atoms in total. The van der Waals surface area contributed by atoms with E-state index in [1.54, 1.807) is 12.1 Å². The van der Waals surface area contributed by atoms with Crippen LogP contribution in [0, 0.1) is 0 Å². The molecule has 1 aromatic carbocycles. The average molecular weight is 324 g/mol. The van der Waals surface area contributed by atoms with E-state index >= 15 is 0 Å². The predicted octanol–water partition coefficient (Wildman–Crippen LogP) is 1.94. The minimum Gasteiger partial charge on any atom is -0.479 e. The van der Waals surface area contributed by atoms with Crippen molar-refractivity contribution < 1.29 is 22.6 Å². The van der Waals surface area contributed by atoms with Crippen molar-refractivity contribution in [1.29, 1.82) is 0 Å². The second kappa shape index (κ2) is 5.75. The molecule has 1 N–H and O–H groups in total. The number of ether oxygens (including phenoxy) is 2. The van der Waals surface area contributed by atoms with Crippen molar-refractivity contribution in [2.24, 2.45) is 9.98 Å². The first-order valence-corrected chi connectivity index (χ1v) is 6.51. The molecular weight excluding hydrogens is 313 g/mol. The summed E-state index contributed by atoms with van der Waals surface area (Å²) < 4.78 is 45.9. The third-order valence-corrected chi connectivity index (χ3v) is 2.95. The second-order valence-corrected chi connectivity index (χ2v) is 4.55. The van der Waals surface area contributed by atoms with E-state index in [4.69, 9.17) is 4.74 Å². The number of hydrogen-bond acceptors (Lipinski definition) is 6. The Balaban J connectivity index is 1.91. The van der Waals surface area contributed by atoms with E-state index < -0.39 is 6.36 Å². The molecule has 120 valence electrons. The van der Waals surface area contributed by atoms with Gasteiger partial charge in [0, 0.05) is 11.8 Å². The first kappa shape index (κ1) is 15.1. The van der Waals surface area contributed by atoms with Crippen LogP contribution in [0.2, 0.25) is 0 Å². The zero-order chi connectivity index (χ0) is 16.4. The standard InChI is InChI=1S/C14H11F3N4O2/c1-22-13-11(6-10-12(21-13)19-7-18-10)20-8-3-2-4-9(5-8)23-14(15,16)17/h2-6,20H,7H2,1H3. The highest BCUT2D eigenvalue weighted by atomic mass is 19.4. The maximum atomic E-state index is 12.3. The quantitative estimate of drug-likeness (QED) is 0.933. The largest absolute Gasteiger partial charge is 0.573 e. The molecule has 2 heterocycles. The molecule has 0 aliphatic carbocycles. The number of nitrogens with one attached hydrogen (secondary N) is 1. The number of hydrogen-bond donors (Lipinski definition) is 1. The SMILES string of the molecule is COc1nc2c(cc1Nc1cccc(OC(F)(F)F)c1)=NCN=2. The van der Waals surface area contributed by atoms with Crippen molar-refractivity contribution in [1.82, 2.24) is 4.98 Å². The van der Waals surface area contributed by atoms with Crippen LogP contribution in [0.5, 0.6) is 11.6 Å². The number of methoxy groups -OCH3 is 1. The number of rotatable bonds is 4. The van der Waals surface area contributed by atoms with Gasteiger partial charge in [0.15, 0.2) is 5.49 Å². The summed E-state index contributed by atoms with van der Waals surface area (Å²) in [5.41, 5.74) is 1.33. The lowest BCUT2D eigenvalue weighted by molar-refractivity contribution is -0.274. The number of nitrogens with zero attached hydrogens (tertiary/aromatic N) is 3. The van der Waals surface area contributed by atoms with Crippen LogP contribution in [0.3, 0.4) is 0 Å². The lowest BCUT2D eigenvalue weighted by atomic mass is 10.3. The third kappa shape index (κ3) is 3.50. The predicted molar refractivity (Wildman–Crippen MR) is 74.4 cm³/mol. The van der Waals surface area contributed by atoms with Crippen LogP contribution in [0.15, 0.2) is 40.3 Å². The molecule has 0 saturated heterocycles. The van der Waals surface area contributed by atoms with Crippen LogP contribution in [0.4, 0.5) is 24.5 Å². The average Bonchev–Trinajstić information content (AvgIpc) is 2.92. The van der Waals surface area contributed by atoms with Crippen LogP contribution in [-0.4, -0.2) is 25.1 Å². The van der Waals surface area contributed by atoms with Gasteiger partial charge in [-0.25, -0.2) is 4.99 Å². The van der Waals surface area contributed by atoms with Gasteiger partial charge in [0.05, 0.1) is 7.11 Å². The lowest BCUT2D eigenvalue weighted by Gasteiger charge is -2.12. The Kier molecular flexibility index (Phi) is 3.77. The second-order valence-electron chi connectivity index (χ2n) is 4.55. The zero-order valence-corrected chi connectivity index (χ0v) is 11.9. The fraction of sp³-hybridized carbons (Fsp3) is 0.214. The molecule has 2 aromatic rings. The van der Waals surface area contributed by atoms with Gasteiger partial charge >= 0.3 is 6.36 Å². The Hall–Kier alpha value is -2.84. The Morgan fingerprint density at radius 3 is 2.74 bits per heavy atom. The molecular formula is C14H11F3N4O2. The van der Waals surface area contributed by atoms with Crippen LogP contribution in [0.25, 0.3) is 0 Å². The number of halogens is 3. The van der Waals surface area contributed by atoms with Crippen molar-refractivity contribution in [3.8, 4) is 11.6 Å². The maximum Gasteiger partial charge on any atom is 0.573 e. The number of aromatic nitrogens is 1. The normalized spacial score (nSPS) is 12.9. The van der Waals surface area contributed by atoms with Crippen molar-refractivity contribution in [2.75, 3.05) is 19.1 Å². The highest BCUT2D eigenvalue weighted by molar-refractivity contribution is 5.65. The van der Waals surface area contributed by atoms with Gasteiger partial charge in [0.2, 0.25) is 5.88 Å². The fourth-order valence-corrected chi connectivity index (χ4v) is 2.06. The minimum absolute atomic E-state index is 0.270. The molecule has 0 bridgehead atoms. The number of benzene rings is 1. The van der Waals surface area contributed by atoms with Crippen LogP contribution < -0.4 is 25.6 Å². The Morgan fingerprint density at radius 1 is 1.17 bits per heavy atom. The Labute approximate surface area is 128 Å². The monoisotopic (exact) mass is 324 g/mol. The lowest BCUT2D eigenvalue weighted by Crippen LogP contribution is -2.26. The van der Waals surface area contributed by atoms with Crippen molar-refractivity contribution in [3.05, 3.63) is 41.2 Å². The summed E-state index contributed by atoms with van der Waals surface area (Å²) in [5, 5.41) is 3.54. The van der Waals surface area contributed by atoms with Gasteiger partial charge < -0.3 is 14.8 Å².